The molecule has 0 spiro atoms. The van der Waals surface area contributed by atoms with E-state index in [4.69, 9.17) is 0 Å². The first-order chi connectivity index (χ1) is 7.55. The molecule has 4 nitrogen and oxygen atoms in total. The molecule has 0 aliphatic carbocycles. The molecule has 1 N–H and O–H groups in total. The number of nitrogens with zero attached hydrogens (tertiary/aromatic N) is 3. The van der Waals surface area contributed by atoms with Crippen LogP contribution in [0.1, 0.15) is 20.8 Å². The van der Waals surface area contributed by atoms with E-state index in [-0.39, 0.29) is 5.54 Å². The van der Waals surface area contributed by atoms with Crippen LogP contribution in [0.4, 0.5) is 0 Å². The van der Waals surface area contributed by atoms with Crippen LogP contribution in [0.2, 0.25) is 0 Å². The maximum Gasteiger partial charge on any atom is 0.160 e. The summed E-state index contributed by atoms with van der Waals surface area (Å²) < 4.78 is 2.13. The molecule has 0 fully saturated rings. The molecule has 0 saturated heterocycles. The van der Waals surface area contributed by atoms with E-state index >= 15 is 0 Å². The normalized spacial score (nSPS) is 12.7. The van der Waals surface area contributed by atoms with Crippen molar-refractivity contribution in [3.63, 3.8) is 0 Å². The second kappa shape index (κ2) is 2.84. The fourth-order valence-corrected chi connectivity index (χ4v) is 1.97. The zero-order valence-corrected chi connectivity index (χ0v) is 9.65. The van der Waals surface area contributed by atoms with Gasteiger partial charge in [-0.3, -0.25) is 4.68 Å². The fourth-order valence-electron chi connectivity index (χ4n) is 1.97. The molecule has 4 heteroatoms. The largest absolute Gasteiger partial charge is 0.303 e. The molecule has 0 aliphatic rings. The van der Waals surface area contributed by atoms with Crippen LogP contribution in [0.3, 0.4) is 0 Å². The van der Waals surface area contributed by atoms with Crippen LogP contribution >= 0.6 is 0 Å². The molecule has 0 amide bonds. The predicted octanol–water partition coefficient (Wildman–Crippen LogP) is 2.67. The highest BCUT2D eigenvalue weighted by atomic mass is 15.3. The van der Waals surface area contributed by atoms with E-state index < -0.39 is 0 Å². The smallest absolute Gasteiger partial charge is 0.160 e. The molecule has 3 rings (SSSR count). The quantitative estimate of drug-likeness (QED) is 0.625. The topological polar surface area (TPSA) is 46.5 Å². The minimum atomic E-state index is 0.0249. The lowest BCUT2D eigenvalue weighted by atomic mass is 10.1. The number of aromatic amines is 1. The minimum absolute atomic E-state index is 0.0249. The first-order valence-corrected chi connectivity index (χ1v) is 5.38. The molecule has 3 heterocycles. The summed E-state index contributed by atoms with van der Waals surface area (Å²) in [7, 11) is 0. The maximum atomic E-state index is 4.51. The van der Waals surface area contributed by atoms with E-state index in [0.717, 1.165) is 22.1 Å². The highest BCUT2D eigenvalue weighted by Gasteiger charge is 2.16. The van der Waals surface area contributed by atoms with Gasteiger partial charge in [0.1, 0.15) is 5.52 Å². The molecule has 0 aliphatic heterocycles. The summed E-state index contributed by atoms with van der Waals surface area (Å²) in [5, 5.41) is 4.33. The molecule has 82 valence electrons. The molecule has 3 aromatic rings. The lowest BCUT2D eigenvalue weighted by molar-refractivity contribution is 0.368. The van der Waals surface area contributed by atoms with Crippen LogP contribution in [-0.4, -0.2) is 19.7 Å². The summed E-state index contributed by atoms with van der Waals surface area (Å²) in [5.74, 6) is 0. The number of fused-ring (bicyclic) bond motifs is 2. The Morgan fingerprint density at radius 2 is 2.12 bits per heavy atom. The SMILES string of the molecule is CC(C)(C)n1[nH]cc2nc3nccc3cc21. The molecule has 0 aromatic carbocycles. The second-order valence-corrected chi connectivity index (χ2v) is 5.03. The molecule has 3 aromatic heterocycles. The summed E-state index contributed by atoms with van der Waals surface area (Å²) in [6, 6.07) is 4.12. The number of pyridine rings is 1. The Hall–Kier alpha value is -1.84. The van der Waals surface area contributed by atoms with Gasteiger partial charge in [0.15, 0.2) is 5.65 Å². The number of hydrogen-bond acceptors (Lipinski definition) is 2. The van der Waals surface area contributed by atoms with Gasteiger partial charge in [0, 0.05) is 17.8 Å². The van der Waals surface area contributed by atoms with Crippen LogP contribution in [0.5, 0.6) is 0 Å². The van der Waals surface area contributed by atoms with Crippen molar-refractivity contribution in [2.24, 2.45) is 0 Å². The van der Waals surface area contributed by atoms with E-state index in [9.17, 15) is 0 Å². The average Bonchev–Trinajstić information content (AvgIpc) is 2.76. The number of aromatic nitrogens is 4. The van der Waals surface area contributed by atoms with E-state index in [1.807, 2.05) is 12.3 Å². The molecular formula is C12H14N4. The Labute approximate surface area is 93.3 Å². The fraction of sp³-hybridized carbons (Fsp3) is 0.333. The van der Waals surface area contributed by atoms with Crippen molar-refractivity contribution in [2.45, 2.75) is 26.3 Å². The van der Waals surface area contributed by atoms with Crippen LogP contribution in [-0.2, 0) is 5.54 Å². The van der Waals surface area contributed by atoms with Crippen LogP contribution in [0, 0.1) is 0 Å². The third kappa shape index (κ3) is 1.23. The van der Waals surface area contributed by atoms with Crippen molar-refractivity contribution in [1.82, 2.24) is 19.7 Å². The van der Waals surface area contributed by atoms with E-state index in [1.54, 1.807) is 6.20 Å². The lowest BCUT2D eigenvalue weighted by Crippen LogP contribution is -2.22. The summed E-state index contributed by atoms with van der Waals surface area (Å²) in [4.78, 5) is 8.71. The third-order valence-corrected chi connectivity index (χ3v) is 2.73. The van der Waals surface area contributed by atoms with Crippen molar-refractivity contribution in [3.05, 3.63) is 24.5 Å². The lowest BCUT2D eigenvalue weighted by Gasteiger charge is -2.21. The van der Waals surface area contributed by atoms with Crippen molar-refractivity contribution in [1.29, 1.82) is 0 Å². The molecule has 0 bridgehead atoms. The van der Waals surface area contributed by atoms with Gasteiger partial charge >= 0.3 is 0 Å². The Morgan fingerprint density at radius 3 is 2.88 bits per heavy atom. The van der Waals surface area contributed by atoms with Gasteiger partial charge in [-0.25, -0.2) is 9.97 Å². The van der Waals surface area contributed by atoms with E-state index in [2.05, 4.69) is 46.6 Å². The van der Waals surface area contributed by atoms with Gasteiger partial charge in [0.05, 0.1) is 11.1 Å². The van der Waals surface area contributed by atoms with Crippen LogP contribution in [0.25, 0.3) is 22.1 Å². The molecule has 0 saturated carbocycles. The zero-order valence-electron chi connectivity index (χ0n) is 9.65. The van der Waals surface area contributed by atoms with Crippen molar-refractivity contribution in [2.75, 3.05) is 0 Å². The number of nitrogens with one attached hydrogen (secondary N) is 1. The minimum Gasteiger partial charge on any atom is -0.303 e. The van der Waals surface area contributed by atoms with E-state index in [0.29, 0.717) is 0 Å². The van der Waals surface area contributed by atoms with Gasteiger partial charge < -0.3 is 5.10 Å². The Balaban J connectivity index is 2.40. The molecule has 0 radical (unpaired) electrons. The van der Waals surface area contributed by atoms with Crippen molar-refractivity contribution in [3.8, 4) is 0 Å². The van der Waals surface area contributed by atoms with E-state index in [1.165, 1.54) is 0 Å². The van der Waals surface area contributed by atoms with Gasteiger partial charge in [-0.2, -0.15) is 0 Å². The molecule has 16 heavy (non-hydrogen) atoms. The Kier molecular flexibility index (Phi) is 1.67. The Morgan fingerprint density at radius 1 is 1.31 bits per heavy atom. The van der Waals surface area contributed by atoms with Gasteiger partial charge in [-0.05, 0) is 32.9 Å². The summed E-state index contributed by atoms with van der Waals surface area (Å²) in [6.45, 7) is 6.49. The highest BCUT2D eigenvalue weighted by molar-refractivity contribution is 5.89. The molecule has 0 atom stereocenters. The first kappa shape index (κ1) is 9.39. The number of H-pyrrole nitrogens is 1. The van der Waals surface area contributed by atoms with Crippen molar-refractivity contribution >= 4 is 22.1 Å². The number of hydrogen-bond donors (Lipinski definition) is 1. The summed E-state index contributed by atoms with van der Waals surface area (Å²) in [6.07, 6.45) is 3.72. The zero-order chi connectivity index (χ0) is 11.3. The highest BCUT2D eigenvalue weighted by Crippen LogP contribution is 2.23. The molecule has 0 unspecified atom stereocenters. The van der Waals surface area contributed by atoms with Gasteiger partial charge in [-0.1, -0.05) is 0 Å². The summed E-state index contributed by atoms with van der Waals surface area (Å²) >= 11 is 0. The maximum absolute atomic E-state index is 4.51. The first-order valence-electron chi connectivity index (χ1n) is 5.38. The second-order valence-electron chi connectivity index (χ2n) is 5.03. The van der Waals surface area contributed by atoms with Gasteiger partial charge in [-0.15, -0.1) is 0 Å². The van der Waals surface area contributed by atoms with Crippen molar-refractivity contribution < 1.29 is 0 Å². The third-order valence-electron chi connectivity index (χ3n) is 2.73. The standard InChI is InChI=1S/C12H14N4/c1-12(2,3)16-10-6-8-4-5-13-11(8)15-9(10)7-14-16/h4-7,14H,1-3H3. The monoisotopic (exact) mass is 214 g/mol. The van der Waals surface area contributed by atoms with Crippen LogP contribution in [0.15, 0.2) is 24.5 Å². The predicted molar refractivity (Wildman–Crippen MR) is 64.4 cm³/mol. The van der Waals surface area contributed by atoms with Gasteiger partial charge in [0.2, 0.25) is 0 Å². The molecular weight excluding hydrogens is 200 g/mol. The summed E-state index contributed by atoms with van der Waals surface area (Å²) in [5.41, 5.74) is 2.92. The van der Waals surface area contributed by atoms with Crippen LogP contribution < -0.4 is 0 Å². The Bertz CT molecular complexity index is 654. The number of rotatable bonds is 0. The van der Waals surface area contributed by atoms with Gasteiger partial charge in [0.25, 0.3) is 0 Å². The average molecular weight is 214 g/mol.